The molecule has 2 heteroatoms. The molecule has 0 fully saturated rings. The van der Waals surface area contributed by atoms with Gasteiger partial charge in [-0.2, -0.15) is 0 Å². The van der Waals surface area contributed by atoms with E-state index in [-0.39, 0.29) is 12.4 Å². The third-order valence-corrected chi connectivity index (χ3v) is 3.12. The van der Waals surface area contributed by atoms with E-state index in [4.69, 9.17) is 0 Å². The van der Waals surface area contributed by atoms with Crippen LogP contribution < -0.4 is 5.32 Å². The standard InChI is InChI=1S/C11H13N.ClH/c1-2-8-4-5-10-11(8)9(3-1)6-7-12-10;/h1-3,10,12H,4-7H2;1H. The van der Waals surface area contributed by atoms with Crippen molar-refractivity contribution < 1.29 is 0 Å². The van der Waals surface area contributed by atoms with Gasteiger partial charge in [0.2, 0.25) is 0 Å². The fourth-order valence-electron chi connectivity index (χ4n) is 2.58. The van der Waals surface area contributed by atoms with Crippen molar-refractivity contribution in [3.63, 3.8) is 0 Å². The molecule has 0 saturated heterocycles. The first-order chi connectivity index (χ1) is 5.95. The molecule has 2 aliphatic rings. The zero-order valence-electron chi connectivity index (χ0n) is 7.55. The molecule has 13 heavy (non-hydrogen) atoms. The van der Waals surface area contributed by atoms with E-state index in [1.54, 1.807) is 16.7 Å². The minimum absolute atomic E-state index is 0. The fourth-order valence-corrected chi connectivity index (χ4v) is 2.58. The average Bonchev–Trinajstić information content (AvgIpc) is 2.52. The molecule has 1 N–H and O–H groups in total. The van der Waals surface area contributed by atoms with Crippen molar-refractivity contribution in [2.45, 2.75) is 25.3 Å². The van der Waals surface area contributed by atoms with Crippen LogP contribution in [0, 0.1) is 0 Å². The monoisotopic (exact) mass is 195 g/mol. The Hall–Kier alpha value is -0.530. The van der Waals surface area contributed by atoms with E-state index in [1.807, 2.05) is 0 Å². The van der Waals surface area contributed by atoms with E-state index < -0.39 is 0 Å². The molecular formula is C11H14ClN. The van der Waals surface area contributed by atoms with Crippen LogP contribution in [0.5, 0.6) is 0 Å². The summed E-state index contributed by atoms with van der Waals surface area (Å²) in [6.07, 6.45) is 3.81. The molecule has 0 aromatic heterocycles. The second-order valence-corrected chi connectivity index (χ2v) is 3.79. The lowest BCUT2D eigenvalue weighted by Crippen LogP contribution is -2.27. The molecular weight excluding hydrogens is 182 g/mol. The van der Waals surface area contributed by atoms with Crippen molar-refractivity contribution in [3.05, 3.63) is 34.9 Å². The molecule has 1 nitrogen and oxygen atoms in total. The third kappa shape index (κ3) is 1.27. The SMILES string of the molecule is Cl.c1cc2c3c(c1)CCC3NCC2. The summed E-state index contributed by atoms with van der Waals surface area (Å²) in [7, 11) is 0. The largest absolute Gasteiger partial charge is 0.310 e. The summed E-state index contributed by atoms with van der Waals surface area (Å²) in [5, 5.41) is 3.58. The maximum Gasteiger partial charge on any atom is 0.0329 e. The van der Waals surface area contributed by atoms with E-state index in [0.717, 1.165) is 0 Å². The summed E-state index contributed by atoms with van der Waals surface area (Å²) in [5.74, 6) is 0. The minimum Gasteiger partial charge on any atom is -0.310 e. The Morgan fingerprint density at radius 3 is 2.77 bits per heavy atom. The van der Waals surface area contributed by atoms with Gasteiger partial charge in [0.05, 0.1) is 0 Å². The van der Waals surface area contributed by atoms with Gasteiger partial charge in [-0.3, -0.25) is 0 Å². The van der Waals surface area contributed by atoms with Crippen LogP contribution in [-0.4, -0.2) is 6.54 Å². The molecule has 0 saturated carbocycles. The molecule has 1 aliphatic heterocycles. The molecule has 1 aromatic carbocycles. The highest BCUT2D eigenvalue weighted by Gasteiger charge is 2.26. The third-order valence-electron chi connectivity index (χ3n) is 3.12. The molecule has 1 aromatic rings. The molecule has 70 valence electrons. The van der Waals surface area contributed by atoms with Crippen LogP contribution in [0.4, 0.5) is 0 Å². The summed E-state index contributed by atoms with van der Waals surface area (Å²) >= 11 is 0. The van der Waals surface area contributed by atoms with Crippen molar-refractivity contribution in [2.75, 3.05) is 6.54 Å². The lowest BCUT2D eigenvalue weighted by molar-refractivity contribution is 0.506. The molecule has 1 aliphatic carbocycles. The molecule has 1 unspecified atom stereocenters. The van der Waals surface area contributed by atoms with Crippen LogP contribution in [0.2, 0.25) is 0 Å². The summed E-state index contributed by atoms with van der Waals surface area (Å²) in [4.78, 5) is 0. The highest BCUT2D eigenvalue weighted by Crippen LogP contribution is 2.35. The predicted molar refractivity (Wildman–Crippen MR) is 56.5 cm³/mol. The van der Waals surface area contributed by atoms with Crippen molar-refractivity contribution >= 4 is 12.4 Å². The van der Waals surface area contributed by atoms with Crippen molar-refractivity contribution in [1.29, 1.82) is 0 Å². The first-order valence-corrected chi connectivity index (χ1v) is 4.79. The predicted octanol–water partition coefficient (Wildman–Crippen LogP) is 2.24. The van der Waals surface area contributed by atoms with Gasteiger partial charge in [-0.15, -0.1) is 12.4 Å². The van der Waals surface area contributed by atoms with Crippen LogP contribution >= 0.6 is 12.4 Å². The molecule has 0 amide bonds. The number of hydrogen-bond acceptors (Lipinski definition) is 1. The maximum atomic E-state index is 3.58. The number of aryl methyl sites for hydroxylation is 1. The van der Waals surface area contributed by atoms with Crippen molar-refractivity contribution in [3.8, 4) is 0 Å². The van der Waals surface area contributed by atoms with Crippen LogP contribution in [0.15, 0.2) is 18.2 Å². The smallest absolute Gasteiger partial charge is 0.0329 e. The quantitative estimate of drug-likeness (QED) is 0.670. The lowest BCUT2D eigenvalue weighted by Gasteiger charge is -2.22. The van der Waals surface area contributed by atoms with E-state index in [0.29, 0.717) is 6.04 Å². The van der Waals surface area contributed by atoms with E-state index in [1.165, 1.54) is 25.8 Å². The van der Waals surface area contributed by atoms with Crippen molar-refractivity contribution in [1.82, 2.24) is 5.32 Å². The number of benzene rings is 1. The van der Waals surface area contributed by atoms with Gasteiger partial charge < -0.3 is 5.32 Å². The van der Waals surface area contributed by atoms with Crippen molar-refractivity contribution in [2.24, 2.45) is 0 Å². The van der Waals surface area contributed by atoms with E-state index in [2.05, 4.69) is 23.5 Å². The van der Waals surface area contributed by atoms with Crippen LogP contribution in [0.1, 0.15) is 29.2 Å². The van der Waals surface area contributed by atoms with Gasteiger partial charge in [-0.05, 0) is 42.5 Å². The highest BCUT2D eigenvalue weighted by molar-refractivity contribution is 5.85. The van der Waals surface area contributed by atoms with Gasteiger partial charge >= 0.3 is 0 Å². The van der Waals surface area contributed by atoms with Crippen LogP contribution in [0.25, 0.3) is 0 Å². The van der Waals surface area contributed by atoms with Gasteiger partial charge in [0.25, 0.3) is 0 Å². The van der Waals surface area contributed by atoms with Gasteiger partial charge in [-0.1, -0.05) is 18.2 Å². The molecule has 1 atom stereocenters. The summed E-state index contributed by atoms with van der Waals surface area (Å²) in [6, 6.07) is 7.47. The first-order valence-electron chi connectivity index (χ1n) is 4.79. The van der Waals surface area contributed by atoms with E-state index in [9.17, 15) is 0 Å². The Bertz CT molecular complexity index is 322. The van der Waals surface area contributed by atoms with E-state index >= 15 is 0 Å². The highest BCUT2D eigenvalue weighted by atomic mass is 35.5. The summed E-state index contributed by atoms with van der Waals surface area (Å²) in [6.45, 7) is 1.17. The molecule has 0 spiro atoms. The Morgan fingerprint density at radius 1 is 1.15 bits per heavy atom. The topological polar surface area (TPSA) is 12.0 Å². The summed E-state index contributed by atoms with van der Waals surface area (Å²) < 4.78 is 0. The zero-order valence-corrected chi connectivity index (χ0v) is 8.36. The first kappa shape index (κ1) is 9.04. The molecule has 0 radical (unpaired) electrons. The maximum absolute atomic E-state index is 3.58. The number of hydrogen-bond donors (Lipinski definition) is 1. The number of nitrogens with one attached hydrogen (secondary N) is 1. The average molecular weight is 196 g/mol. The second kappa shape index (κ2) is 3.32. The number of rotatable bonds is 0. The Morgan fingerprint density at radius 2 is 1.92 bits per heavy atom. The Labute approximate surface area is 84.9 Å². The van der Waals surface area contributed by atoms with Gasteiger partial charge in [0, 0.05) is 6.04 Å². The number of halogens is 1. The van der Waals surface area contributed by atoms with Gasteiger partial charge in [0.1, 0.15) is 0 Å². The second-order valence-electron chi connectivity index (χ2n) is 3.79. The van der Waals surface area contributed by atoms with Gasteiger partial charge in [-0.25, -0.2) is 0 Å². The Kier molecular flexibility index (Phi) is 2.31. The molecule has 3 rings (SSSR count). The normalized spacial score (nSPS) is 23.5. The summed E-state index contributed by atoms with van der Waals surface area (Å²) in [5.41, 5.74) is 4.81. The van der Waals surface area contributed by atoms with Crippen LogP contribution in [0.3, 0.4) is 0 Å². The molecule has 1 heterocycles. The lowest BCUT2D eigenvalue weighted by atomic mass is 9.95. The zero-order chi connectivity index (χ0) is 7.97. The molecule has 0 bridgehead atoms. The fraction of sp³-hybridized carbons (Fsp3) is 0.455. The Balaban J connectivity index is 0.000000653. The minimum atomic E-state index is 0. The van der Waals surface area contributed by atoms with Crippen LogP contribution in [-0.2, 0) is 12.8 Å². The van der Waals surface area contributed by atoms with Gasteiger partial charge in [0.15, 0.2) is 0 Å².